The van der Waals surface area contributed by atoms with Crippen molar-refractivity contribution < 1.29 is 9.53 Å². The maximum atomic E-state index is 12.4. The minimum atomic E-state index is -0.139. The van der Waals surface area contributed by atoms with E-state index in [9.17, 15) is 4.79 Å². The second-order valence-corrected chi connectivity index (χ2v) is 4.98. The van der Waals surface area contributed by atoms with Crippen molar-refractivity contribution in [3.05, 3.63) is 54.0 Å². The molecule has 1 aliphatic rings. The highest BCUT2D eigenvalue weighted by Crippen LogP contribution is 2.18. The van der Waals surface area contributed by atoms with Crippen molar-refractivity contribution in [3.8, 4) is 0 Å². The summed E-state index contributed by atoms with van der Waals surface area (Å²) in [6.45, 7) is 3.21. The third kappa shape index (κ3) is 3.40. The normalized spacial score (nSPS) is 14.6. The van der Waals surface area contributed by atoms with E-state index in [0.29, 0.717) is 31.1 Å². The first-order valence-electron chi connectivity index (χ1n) is 7.30. The molecule has 2 aromatic heterocycles. The fourth-order valence-electron chi connectivity index (χ4n) is 2.37. The van der Waals surface area contributed by atoms with E-state index in [2.05, 4.69) is 20.2 Å². The standard InChI is InChI=1S/C16H18N4O2/c21-16(19-12-13-4-1-2-6-17-13)14-5-3-7-18-15(14)20-8-10-22-11-9-20/h1-7H,8-12H2,(H,19,21). The molecule has 0 unspecified atom stereocenters. The molecule has 1 fully saturated rings. The van der Waals surface area contributed by atoms with Crippen molar-refractivity contribution in [2.75, 3.05) is 31.2 Å². The van der Waals surface area contributed by atoms with Crippen LogP contribution in [0.25, 0.3) is 0 Å². The first-order chi connectivity index (χ1) is 10.8. The molecule has 114 valence electrons. The van der Waals surface area contributed by atoms with Gasteiger partial charge in [-0.3, -0.25) is 9.78 Å². The Kier molecular flexibility index (Phi) is 4.60. The average Bonchev–Trinajstić information content (AvgIpc) is 2.61. The quantitative estimate of drug-likeness (QED) is 0.920. The van der Waals surface area contributed by atoms with Crippen LogP contribution < -0.4 is 10.2 Å². The summed E-state index contributed by atoms with van der Waals surface area (Å²) in [7, 11) is 0. The summed E-state index contributed by atoms with van der Waals surface area (Å²) in [5.74, 6) is 0.574. The van der Waals surface area contributed by atoms with Gasteiger partial charge in [-0.05, 0) is 24.3 Å². The molecule has 0 aromatic carbocycles. The monoisotopic (exact) mass is 298 g/mol. The molecular weight excluding hydrogens is 280 g/mol. The van der Waals surface area contributed by atoms with E-state index in [-0.39, 0.29) is 5.91 Å². The molecule has 0 aliphatic carbocycles. The Morgan fingerprint density at radius 1 is 1.14 bits per heavy atom. The van der Waals surface area contributed by atoms with E-state index < -0.39 is 0 Å². The van der Waals surface area contributed by atoms with Crippen molar-refractivity contribution in [2.24, 2.45) is 0 Å². The molecule has 22 heavy (non-hydrogen) atoms. The van der Waals surface area contributed by atoms with Gasteiger partial charge in [0.2, 0.25) is 0 Å². The zero-order valence-corrected chi connectivity index (χ0v) is 12.2. The van der Waals surface area contributed by atoms with Crippen LogP contribution in [-0.2, 0) is 11.3 Å². The SMILES string of the molecule is O=C(NCc1ccccn1)c1cccnc1N1CCOCC1. The minimum absolute atomic E-state index is 0.139. The van der Waals surface area contributed by atoms with Gasteiger partial charge in [-0.2, -0.15) is 0 Å². The number of aromatic nitrogens is 2. The van der Waals surface area contributed by atoms with Gasteiger partial charge >= 0.3 is 0 Å². The first kappa shape index (κ1) is 14.5. The molecule has 0 atom stereocenters. The van der Waals surface area contributed by atoms with Crippen LogP contribution in [0, 0.1) is 0 Å². The summed E-state index contributed by atoms with van der Waals surface area (Å²) in [4.78, 5) is 23.1. The molecule has 3 rings (SSSR count). The van der Waals surface area contributed by atoms with Gasteiger partial charge in [-0.15, -0.1) is 0 Å². The van der Waals surface area contributed by atoms with Gasteiger partial charge in [0.05, 0.1) is 31.0 Å². The number of nitrogens with one attached hydrogen (secondary N) is 1. The Labute approximate surface area is 129 Å². The molecule has 0 spiro atoms. The first-order valence-corrected chi connectivity index (χ1v) is 7.30. The second kappa shape index (κ2) is 7.00. The van der Waals surface area contributed by atoms with Crippen LogP contribution >= 0.6 is 0 Å². The number of carbonyl (C=O) groups is 1. The van der Waals surface area contributed by atoms with Crippen LogP contribution in [-0.4, -0.2) is 42.2 Å². The average molecular weight is 298 g/mol. The van der Waals surface area contributed by atoms with Crippen LogP contribution in [0.2, 0.25) is 0 Å². The Bertz CT molecular complexity index is 627. The molecular formula is C16H18N4O2. The van der Waals surface area contributed by atoms with Gasteiger partial charge in [0.25, 0.3) is 5.91 Å². The lowest BCUT2D eigenvalue weighted by atomic mass is 10.2. The number of nitrogens with zero attached hydrogens (tertiary/aromatic N) is 3. The van der Waals surface area contributed by atoms with Crippen molar-refractivity contribution in [1.82, 2.24) is 15.3 Å². The zero-order valence-electron chi connectivity index (χ0n) is 12.2. The maximum Gasteiger partial charge on any atom is 0.255 e. The van der Waals surface area contributed by atoms with Crippen LogP contribution in [0.15, 0.2) is 42.7 Å². The van der Waals surface area contributed by atoms with E-state index >= 15 is 0 Å². The topological polar surface area (TPSA) is 67.4 Å². The van der Waals surface area contributed by atoms with Crippen LogP contribution in [0.5, 0.6) is 0 Å². The molecule has 3 heterocycles. The van der Waals surface area contributed by atoms with Gasteiger partial charge < -0.3 is 15.0 Å². The number of rotatable bonds is 4. The lowest BCUT2D eigenvalue weighted by Gasteiger charge is -2.29. The van der Waals surface area contributed by atoms with E-state index in [1.54, 1.807) is 24.5 Å². The fraction of sp³-hybridized carbons (Fsp3) is 0.312. The number of amides is 1. The molecule has 6 nitrogen and oxygen atoms in total. The number of hydrogen-bond acceptors (Lipinski definition) is 5. The van der Waals surface area contributed by atoms with Crippen molar-refractivity contribution in [1.29, 1.82) is 0 Å². The molecule has 1 aliphatic heterocycles. The second-order valence-electron chi connectivity index (χ2n) is 4.98. The van der Waals surface area contributed by atoms with Gasteiger partial charge in [0.15, 0.2) is 0 Å². The van der Waals surface area contributed by atoms with Crippen molar-refractivity contribution >= 4 is 11.7 Å². The van der Waals surface area contributed by atoms with E-state index in [1.807, 2.05) is 18.2 Å². The van der Waals surface area contributed by atoms with Gasteiger partial charge in [0, 0.05) is 25.5 Å². The van der Waals surface area contributed by atoms with E-state index in [0.717, 1.165) is 18.8 Å². The summed E-state index contributed by atoms with van der Waals surface area (Å²) >= 11 is 0. The summed E-state index contributed by atoms with van der Waals surface area (Å²) < 4.78 is 5.35. The predicted octanol–water partition coefficient (Wildman–Crippen LogP) is 1.24. The Morgan fingerprint density at radius 2 is 1.95 bits per heavy atom. The number of hydrogen-bond donors (Lipinski definition) is 1. The molecule has 1 saturated heterocycles. The highest BCUT2D eigenvalue weighted by Gasteiger charge is 2.19. The summed E-state index contributed by atoms with van der Waals surface area (Å²) in [6.07, 6.45) is 3.42. The number of carbonyl (C=O) groups excluding carboxylic acids is 1. The Hall–Kier alpha value is -2.47. The van der Waals surface area contributed by atoms with Crippen molar-refractivity contribution in [2.45, 2.75) is 6.54 Å². The lowest BCUT2D eigenvalue weighted by Crippen LogP contribution is -2.38. The smallest absolute Gasteiger partial charge is 0.255 e. The van der Waals surface area contributed by atoms with Gasteiger partial charge in [-0.1, -0.05) is 6.07 Å². The largest absolute Gasteiger partial charge is 0.378 e. The van der Waals surface area contributed by atoms with Gasteiger partial charge in [-0.25, -0.2) is 4.98 Å². The Balaban J connectivity index is 1.72. The molecule has 0 radical (unpaired) electrons. The van der Waals surface area contributed by atoms with Crippen molar-refractivity contribution in [3.63, 3.8) is 0 Å². The molecule has 0 saturated carbocycles. The molecule has 1 amide bonds. The molecule has 1 N–H and O–H groups in total. The van der Waals surface area contributed by atoms with Crippen LogP contribution in [0.1, 0.15) is 16.1 Å². The van der Waals surface area contributed by atoms with E-state index in [1.165, 1.54) is 0 Å². The Morgan fingerprint density at radius 3 is 2.73 bits per heavy atom. The molecule has 6 heteroatoms. The highest BCUT2D eigenvalue weighted by molar-refractivity contribution is 5.98. The predicted molar refractivity (Wildman–Crippen MR) is 82.7 cm³/mol. The maximum absolute atomic E-state index is 12.4. The number of morpholine rings is 1. The zero-order chi connectivity index (χ0) is 15.2. The number of anilines is 1. The van der Waals surface area contributed by atoms with Crippen LogP contribution in [0.4, 0.5) is 5.82 Å². The summed E-state index contributed by atoms with van der Waals surface area (Å²) in [5, 5.41) is 2.90. The summed E-state index contributed by atoms with van der Waals surface area (Å²) in [5.41, 5.74) is 1.41. The fourth-order valence-corrected chi connectivity index (χ4v) is 2.37. The third-order valence-corrected chi connectivity index (χ3v) is 3.50. The van der Waals surface area contributed by atoms with Crippen LogP contribution in [0.3, 0.4) is 0 Å². The highest BCUT2D eigenvalue weighted by atomic mass is 16.5. The van der Waals surface area contributed by atoms with E-state index in [4.69, 9.17) is 4.74 Å². The molecule has 0 bridgehead atoms. The number of pyridine rings is 2. The number of ether oxygens (including phenoxy) is 1. The molecule has 2 aromatic rings. The lowest BCUT2D eigenvalue weighted by molar-refractivity contribution is 0.0948. The summed E-state index contributed by atoms with van der Waals surface area (Å²) in [6, 6.07) is 9.21. The van der Waals surface area contributed by atoms with Gasteiger partial charge in [0.1, 0.15) is 5.82 Å². The third-order valence-electron chi connectivity index (χ3n) is 3.50. The minimum Gasteiger partial charge on any atom is -0.378 e.